The molecule has 1 heterocycles. The highest BCUT2D eigenvalue weighted by molar-refractivity contribution is 4.96. The summed E-state index contributed by atoms with van der Waals surface area (Å²) in [5, 5.41) is 3.24. The number of nitrogens with one attached hydrogen (secondary N) is 1. The van der Waals surface area contributed by atoms with Crippen molar-refractivity contribution >= 4 is 0 Å². The molecule has 0 saturated heterocycles. The zero-order valence-electron chi connectivity index (χ0n) is 7.92. The van der Waals surface area contributed by atoms with Gasteiger partial charge in [-0.05, 0) is 13.5 Å². The molecule has 0 saturated carbocycles. The first-order chi connectivity index (χ1) is 5.77. The Balaban J connectivity index is 2.61. The maximum absolute atomic E-state index is 5.47. The van der Waals surface area contributed by atoms with Gasteiger partial charge in [0.2, 0.25) is 5.89 Å². The minimum atomic E-state index is 0.218. The third-order valence-corrected chi connectivity index (χ3v) is 1.80. The van der Waals surface area contributed by atoms with Crippen LogP contribution in [0.25, 0.3) is 0 Å². The summed E-state index contributed by atoms with van der Waals surface area (Å²) in [5.74, 6) is 1.74. The fraction of sp³-hybridized carbons (Fsp3) is 0.667. The van der Waals surface area contributed by atoms with Gasteiger partial charge in [-0.25, -0.2) is 4.98 Å². The highest BCUT2D eigenvalue weighted by Gasteiger charge is 2.09. The van der Waals surface area contributed by atoms with Crippen molar-refractivity contribution in [2.75, 3.05) is 6.54 Å². The molecule has 1 aromatic heterocycles. The molecule has 3 heteroatoms. The van der Waals surface area contributed by atoms with Crippen LogP contribution in [0.3, 0.4) is 0 Å². The van der Waals surface area contributed by atoms with Crippen LogP contribution in [-0.2, 0) is 6.42 Å². The molecular formula is C9H16N2O. The lowest BCUT2D eigenvalue weighted by molar-refractivity contribution is 0.401. The van der Waals surface area contributed by atoms with E-state index in [1.807, 2.05) is 0 Å². The Labute approximate surface area is 73.2 Å². The van der Waals surface area contributed by atoms with Crippen LogP contribution in [0.4, 0.5) is 0 Å². The number of nitrogens with zero attached hydrogens (tertiary/aromatic N) is 1. The molecule has 0 aromatic carbocycles. The van der Waals surface area contributed by atoms with Gasteiger partial charge in [0.25, 0.3) is 0 Å². The molecule has 0 aliphatic carbocycles. The lowest BCUT2D eigenvalue weighted by Crippen LogP contribution is -2.17. The Morgan fingerprint density at radius 3 is 2.83 bits per heavy atom. The second-order valence-corrected chi connectivity index (χ2v) is 2.80. The zero-order valence-corrected chi connectivity index (χ0v) is 7.92. The zero-order chi connectivity index (χ0) is 8.97. The lowest BCUT2D eigenvalue weighted by atomic mass is 10.3. The largest absolute Gasteiger partial charge is 0.444 e. The molecule has 0 bridgehead atoms. The molecule has 0 aliphatic heterocycles. The summed E-state index contributed by atoms with van der Waals surface area (Å²) in [6.07, 6.45) is 2.70. The van der Waals surface area contributed by atoms with Crippen molar-refractivity contribution in [3.63, 3.8) is 0 Å². The Morgan fingerprint density at radius 1 is 1.58 bits per heavy atom. The van der Waals surface area contributed by atoms with E-state index < -0.39 is 0 Å². The predicted octanol–water partition coefficient (Wildman–Crippen LogP) is 1.91. The first-order valence-corrected chi connectivity index (χ1v) is 4.45. The Morgan fingerprint density at radius 2 is 2.33 bits per heavy atom. The van der Waals surface area contributed by atoms with Crippen molar-refractivity contribution in [3.8, 4) is 0 Å². The van der Waals surface area contributed by atoms with Gasteiger partial charge in [0.1, 0.15) is 5.76 Å². The summed E-state index contributed by atoms with van der Waals surface area (Å²) in [6.45, 7) is 7.11. The summed E-state index contributed by atoms with van der Waals surface area (Å²) in [7, 11) is 0. The van der Waals surface area contributed by atoms with E-state index in [0.717, 1.165) is 24.6 Å². The molecule has 0 fully saturated rings. The lowest BCUT2D eigenvalue weighted by Gasteiger charge is -2.06. The molecule has 1 unspecified atom stereocenters. The van der Waals surface area contributed by atoms with E-state index in [0.29, 0.717) is 0 Å². The van der Waals surface area contributed by atoms with E-state index in [-0.39, 0.29) is 6.04 Å². The van der Waals surface area contributed by atoms with E-state index in [2.05, 4.69) is 31.1 Å². The normalized spacial score (nSPS) is 13.2. The van der Waals surface area contributed by atoms with Crippen LogP contribution in [0.2, 0.25) is 0 Å². The average Bonchev–Trinajstić information content (AvgIpc) is 2.52. The number of aromatic nitrogens is 1. The summed E-state index contributed by atoms with van der Waals surface area (Å²) in [5.41, 5.74) is 0. The van der Waals surface area contributed by atoms with Crippen molar-refractivity contribution in [1.82, 2.24) is 10.3 Å². The van der Waals surface area contributed by atoms with Gasteiger partial charge in [-0.3, -0.25) is 0 Å². The van der Waals surface area contributed by atoms with Crippen LogP contribution in [0.5, 0.6) is 0 Å². The van der Waals surface area contributed by atoms with Crippen molar-refractivity contribution in [2.24, 2.45) is 0 Å². The second kappa shape index (κ2) is 4.26. The number of hydrogen-bond acceptors (Lipinski definition) is 3. The van der Waals surface area contributed by atoms with E-state index in [4.69, 9.17) is 4.42 Å². The van der Waals surface area contributed by atoms with Gasteiger partial charge in [0.05, 0.1) is 12.2 Å². The van der Waals surface area contributed by atoms with Crippen molar-refractivity contribution in [1.29, 1.82) is 0 Å². The minimum absolute atomic E-state index is 0.218. The van der Waals surface area contributed by atoms with Crippen LogP contribution >= 0.6 is 0 Å². The Bertz CT molecular complexity index is 232. The van der Waals surface area contributed by atoms with Gasteiger partial charge in [-0.2, -0.15) is 0 Å². The standard InChI is InChI=1S/C9H16N2O/c1-4-8-6-11-9(12-8)7(3)10-5-2/h6-7,10H,4-5H2,1-3H3. The number of hydrogen-bond donors (Lipinski definition) is 1. The van der Waals surface area contributed by atoms with Gasteiger partial charge in [-0.15, -0.1) is 0 Å². The van der Waals surface area contributed by atoms with E-state index in [1.165, 1.54) is 0 Å². The van der Waals surface area contributed by atoms with Crippen molar-refractivity contribution in [2.45, 2.75) is 33.2 Å². The monoisotopic (exact) mass is 168 g/mol. The topological polar surface area (TPSA) is 38.1 Å². The number of rotatable bonds is 4. The van der Waals surface area contributed by atoms with E-state index >= 15 is 0 Å². The van der Waals surface area contributed by atoms with Gasteiger partial charge < -0.3 is 9.73 Å². The third-order valence-electron chi connectivity index (χ3n) is 1.80. The fourth-order valence-electron chi connectivity index (χ4n) is 1.08. The van der Waals surface area contributed by atoms with E-state index in [9.17, 15) is 0 Å². The maximum Gasteiger partial charge on any atom is 0.211 e. The minimum Gasteiger partial charge on any atom is -0.444 e. The second-order valence-electron chi connectivity index (χ2n) is 2.80. The van der Waals surface area contributed by atoms with Gasteiger partial charge in [-0.1, -0.05) is 13.8 Å². The summed E-state index contributed by atoms with van der Waals surface area (Å²) >= 11 is 0. The molecule has 0 aliphatic rings. The highest BCUT2D eigenvalue weighted by atomic mass is 16.4. The molecular weight excluding hydrogens is 152 g/mol. The molecule has 0 spiro atoms. The van der Waals surface area contributed by atoms with Gasteiger partial charge >= 0.3 is 0 Å². The maximum atomic E-state index is 5.47. The first kappa shape index (κ1) is 9.26. The van der Waals surface area contributed by atoms with Crippen molar-refractivity contribution < 1.29 is 4.42 Å². The van der Waals surface area contributed by atoms with Crippen LogP contribution in [0.1, 0.15) is 38.5 Å². The molecule has 0 radical (unpaired) electrons. The summed E-state index contributed by atoms with van der Waals surface area (Å²) in [6, 6.07) is 0.218. The van der Waals surface area contributed by atoms with Gasteiger partial charge in [0, 0.05) is 6.42 Å². The quantitative estimate of drug-likeness (QED) is 0.746. The van der Waals surface area contributed by atoms with Crippen LogP contribution < -0.4 is 5.32 Å². The average molecular weight is 168 g/mol. The predicted molar refractivity (Wildman–Crippen MR) is 48.0 cm³/mol. The molecule has 12 heavy (non-hydrogen) atoms. The molecule has 1 aromatic rings. The van der Waals surface area contributed by atoms with E-state index in [1.54, 1.807) is 6.20 Å². The fourth-order valence-corrected chi connectivity index (χ4v) is 1.08. The SMILES string of the molecule is CCNC(C)c1ncc(CC)o1. The van der Waals surface area contributed by atoms with Crippen LogP contribution in [0, 0.1) is 0 Å². The summed E-state index contributed by atoms with van der Waals surface area (Å²) in [4.78, 5) is 4.18. The summed E-state index contributed by atoms with van der Waals surface area (Å²) < 4.78 is 5.47. The molecule has 68 valence electrons. The van der Waals surface area contributed by atoms with Crippen LogP contribution in [0.15, 0.2) is 10.6 Å². The molecule has 1 rings (SSSR count). The molecule has 1 atom stereocenters. The first-order valence-electron chi connectivity index (χ1n) is 4.45. The van der Waals surface area contributed by atoms with Crippen molar-refractivity contribution in [3.05, 3.63) is 17.8 Å². The highest BCUT2D eigenvalue weighted by Crippen LogP contribution is 2.12. The number of aryl methyl sites for hydroxylation is 1. The number of oxazole rings is 1. The smallest absolute Gasteiger partial charge is 0.211 e. The molecule has 1 N–H and O–H groups in total. The molecule has 3 nitrogen and oxygen atoms in total. The Hall–Kier alpha value is -0.830. The third kappa shape index (κ3) is 2.08. The molecule has 0 amide bonds. The van der Waals surface area contributed by atoms with Gasteiger partial charge in [0.15, 0.2) is 0 Å². The Kier molecular flexibility index (Phi) is 3.29. The van der Waals surface area contributed by atoms with Crippen LogP contribution in [-0.4, -0.2) is 11.5 Å².